The Morgan fingerprint density at radius 1 is 1.47 bits per heavy atom. The number of amides is 1. The Morgan fingerprint density at radius 3 is 2.74 bits per heavy atom. The van der Waals surface area contributed by atoms with Crippen molar-refractivity contribution in [3.63, 3.8) is 0 Å². The van der Waals surface area contributed by atoms with Gasteiger partial charge in [-0.2, -0.15) is 0 Å². The number of rotatable bonds is 5. The van der Waals surface area contributed by atoms with Crippen molar-refractivity contribution in [2.24, 2.45) is 0 Å². The molecular weight excluding hydrogens is 246 g/mol. The van der Waals surface area contributed by atoms with Crippen molar-refractivity contribution in [3.05, 3.63) is 33.9 Å². The Bertz CT molecular complexity index is 498. The molecule has 0 unspecified atom stereocenters. The highest BCUT2D eigenvalue weighted by molar-refractivity contribution is 5.96. The Morgan fingerprint density at radius 2 is 2.21 bits per heavy atom. The molecule has 19 heavy (non-hydrogen) atoms. The zero-order chi connectivity index (χ0) is 13.8. The second-order valence-corrected chi connectivity index (χ2v) is 4.62. The van der Waals surface area contributed by atoms with Gasteiger partial charge in [0.25, 0.3) is 11.6 Å². The van der Waals surface area contributed by atoms with Gasteiger partial charge in [-0.05, 0) is 38.3 Å². The number of nitro benzene ring substituents is 1. The van der Waals surface area contributed by atoms with Crippen molar-refractivity contribution >= 4 is 17.3 Å². The number of hydrogen-bond donors (Lipinski definition) is 2. The molecule has 0 heterocycles. The van der Waals surface area contributed by atoms with Gasteiger partial charge in [-0.15, -0.1) is 0 Å². The summed E-state index contributed by atoms with van der Waals surface area (Å²) in [5, 5.41) is 16.7. The van der Waals surface area contributed by atoms with E-state index in [1.807, 2.05) is 6.92 Å². The molecule has 1 aliphatic carbocycles. The van der Waals surface area contributed by atoms with Crippen LogP contribution in [0, 0.1) is 10.1 Å². The number of nitrogens with zero attached hydrogens (tertiary/aromatic N) is 1. The standard InChI is InChI=1S/C13H17N3O3/c1-2-14-11-8-9(6-7-12(11)16(18)19)13(17)15-10-4-3-5-10/h6-8,10,14H,2-5H2,1H3,(H,15,17). The van der Waals surface area contributed by atoms with E-state index in [-0.39, 0.29) is 17.6 Å². The lowest BCUT2D eigenvalue weighted by atomic mass is 9.93. The molecule has 0 bridgehead atoms. The van der Waals surface area contributed by atoms with Crippen molar-refractivity contribution in [1.29, 1.82) is 0 Å². The van der Waals surface area contributed by atoms with Crippen LogP contribution in [-0.2, 0) is 0 Å². The molecule has 6 nitrogen and oxygen atoms in total. The highest BCUT2D eigenvalue weighted by atomic mass is 16.6. The molecule has 102 valence electrons. The van der Waals surface area contributed by atoms with E-state index in [9.17, 15) is 14.9 Å². The van der Waals surface area contributed by atoms with Crippen molar-refractivity contribution in [2.45, 2.75) is 32.2 Å². The van der Waals surface area contributed by atoms with Crippen LogP contribution < -0.4 is 10.6 Å². The molecule has 1 saturated carbocycles. The van der Waals surface area contributed by atoms with Crippen LogP contribution in [-0.4, -0.2) is 23.4 Å². The minimum atomic E-state index is -0.453. The third kappa shape index (κ3) is 3.01. The second kappa shape index (κ2) is 5.69. The summed E-state index contributed by atoms with van der Waals surface area (Å²) in [6.45, 7) is 2.42. The number of carbonyl (C=O) groups is 1. The Hall–Kier alpha value is -2.11. The third-order valence-electron chi connectivity index (χ3n) is 3.26. The molecule has 0 aromatic heterocycles. The van der Waals surface area contributed by atoms with E-state index in [0.29, 0.717) is 17.8 Å². The molecule has 0 saturated heterocycles. The molecule has 0 spiro atoms. The van der Waals surface area contributed by atoms with E-state index in [0.717, 1.165) is 19.3 Å². The van der Waals surface area contributed by atoms with Crippen LogP contribution in [0.1, 0.15) is 36.5 Å². The summed E-state index contributed by atoms with van der Waals surface area (Å²) < 4.78 is 0. The second-order valence-electron chi connectivity index (χ2n) is 4.62. The first kappa shape index (κ1) is 13.3. The highest BCUT2D eigenvalue weighted by Gasteiger charge is 2.21. The Balaban J connectivity index is 2.18. The van der Waals surface area contributed by atoms with Gasteiger partial charge in [-0.1, -0.05) is 0 Å². The van der Waals surface area contributed by atoms with Gasteiger partial charge in [0, 0.05) is 24.2 Å². The van der Waals surface area contributed by atoms with Crippen LogP contribution in [0.15, 0.2) is 18.2 Å². The molecule has 0 radical (unpaired) electrons. The fourth-order valence-corrected chi connectivity index (χ4v) is 1.99. The minimum Gasteiger partial charge on any atom is -0.380 e. The van der Waals surface area contributed by atoms with E-state index >= 15 is 0 Å². The normalized spacial score (nSPS) is 14.6. The number of hydrogen-bond acceptors (Lipinski definition) is 4. The summed E-state index contributed by atoms with van der Waals surface area (Å²) in [6, 6.07) is 4.65. The van der Waals surface area contributed by atoms with E-state index in [4.69, 9.17) is 0 Å². The average molecular weight is 263 g/mol. The first-order valence-electron chi connectivity index (χ1n) is 6.45. The largest absolute Gasteiger partial charge is 0.380 e. The highest BCUT2D eigenvalue weighted by Crippen LogP contribution is 2.26. The number of anilines is 1. The van der Waals surface area contributed by atoms with Gasteiger partial charge in [-0.25, -0.2) is 0 Å². The van der Waals surface area contributed by atoms with Crippen molar-refractivity contribution in [3.8, 4) is 0 Å². The number of nitro groups is 1. The maximum atomic E-state index is 12.0. The first-order valence-corrected chi connectivity index (χ1v) is 6.45. The van der Waals surface area contributed by atoms with Crippen molar-refractivity contribution in [2.75, 3.05) is 11.9 Å². The van der Waals surface area contributed by atoms with Gasteiger partial charge < -0.3 is 10.6 Å². The molecule has 0 atom stereocenters. The number of carbonyl (C=O) groups excluding carboxylic acids is 1. The zero-order valence-electron chi connectivity index (χ0n) is 10.8. The lowest BCUT2D eigenvalue weighted by molar-refractivity contribution is -0.384. The van der Waals surface area contributed by atoms with Crippen LogP contribution in [0.3, 0.4) is 0 Å². The Kier molecular flexibility index (Phi) is 3.99. The van der Waals surface area contributed by atoms with Crippen LogP contribution in [0.2, 0.25) is 0 Å². The lowest BCUT2D eigenvalue weighted by Crippen LogP contribution is -2.39. The van der Waals surface area contributed by atoms with Gasteiger partial charge in [0.05, 0.1) is 4.92 Å². The monoisotopic (exact) mass is 263 g/mol. The fraction of sp³-hybridized carbons (Fsp3) is 0.462. The van der Waals surface area contributed by atoms with Gasteiger partial charge >= 0.3 is 0 Å². The van der Waals surface area contributed by atoms with E-state index < -0.39 is 4.92 Å². The predicted octanol–water partition coefficient (Wildman–Crippen LogP) is 2.31. The molecule has 0 aliphatic heterocycles. The molecule has 1 aromatic rings. The summed E-state index contributed by atoms with van der Waals surface area (Å²) in [4.78, 5) is 22.4. The molecule has 6 heteroatoms. The average Bonchev–Trinajstić information content (AvgIpc) is 2.33. The summed E-state index contributed by atoms with van der Waals surface area (Å²) in [7, 11) is 0. The number of nitrogens with one attached hydrogen (secondary N) is 2. The van der Waals surface area contributed by atoms with Gasteiger partial charge in [0.2, 0.25) is 0 Å². The van der Waals surface area contributed by atoms with E-state index in [2.05, 4.69) is 10.6 Å². The SMILES string of the molecule is CCNc1cc(C(=O)NC2CCC2)ccc1[N+](=O)[O-]. The van der Waals surface area contributed by atoms with Gasteiger partial charge in [0.15, 0.2) is 0 Å². The molecule has 1 aromatic carbocycles. The molecule has 1 aliphatic rings. The summed E-state index contributed by atoms with van der Waals surface area (Å²) in [5.74, 6) is -0.168. The molecule has 2 rings (SSSR count). The molecule has 1 fully saturated rings. The maximum absolute atomic E-state index is 12.0. The minimum absolute atomic E-state index is 0.0120. The van der Waals surface area contributed by atoms with Crippen molar-refractivity contribution in [1.82, 2.24) is 5.32 Å². The van der Waals surface area contributed by atoms with Crippen LogP contribution >= 0.6 is 0 Å². The third-order valence-corrected chi connectivity index (χ3v) is 3.26. The molecule has 1 amide bonds. The molecular formula is C13H17N3O3. The van der Waals surface area contributed by atoms with Crippen LogP contribution in [0.25, 0.3) is 0 Å². The first-order chi connectivity index (χ1) is 9.11. The summed E-state index contributed by atoms with van der Waals surface area (Å²) in [5.41, 5.74) is 0.823. The quantitative estimate of drug-likeness (QED) is 0.630. The van der Waals surface area contributed by atoms with Gasteiger partial charge in [0.1, 0.15) is 5.69 Å². The van der Waals surface area contributed by atoms with E-state index in [1.165, 1.54) is 18.2 Å². The van der Waals surface area contributed by atoms with Gasteiger partial charge in [-0.3, -0.25) is 14.9 Å². The smallest absolute Gasteiger partial charge is 0.292 e. The molecule has 2 N–H and O–H groups in total. The maximum Gasteiger partial charge on any atom is 0.292 e. The number of benzene rings is 1. The van der Waals surface area contributed by atoms with Crippen LogP contribution in [0.4, 0.5) is 11.4 Å². The van der Waals surface area contributed by atoms with Crippen molar-refractivity contribution < 1.29 is 9.72 Å². The Labute approximate surface area is 111 Å². The fourth-order valence-electron chi connectivity index (χ4n) is 1.99. The predicted molar refractivity (Wildman–Crippen MR) is 72.4 cm³/mol. The topological polar surface area (TPSA) is 84.3 Å². The van der Waals surface area contributed by atoms with Crippen LogP contribution in [0.5, 0.6) is 0 Å². The summed E-state index contributed by atoms with van der Waals surface area (Å²) >= 11 is 0. The lowest BCUT2D eigenvalue weighted by Gasteiger charge is -2.26. The summed E-state index contributed by atoms with van der Waals surface area (Å²) in [6.07, 6.45) is 3.17. The zero-order valence-corrected chi connectivity index (χ0v) is 10.8. The van der Waals surface area contributed by atoms with E-state index in [1.54, 1.807) is 0 Å².